The summed E-state index contributed by atoms with van der Waals surface area (Å²) in [5, 5.41) is 9.36. The van der Waals surface area contributed by atoms with Crippen LogP contribution in [0.1, 0.15) is 23.5 Å². The maximum absolute atomic E-state index is 12.6. The molecule has 1 N–H and O–H groups in total. The molecule has 0 atom stereocenters. The molecular formula is C13H24N2O4S. The number of aliphatic hydroxyl groups is 1. The molecule has 0 bridgehead atoms. The van der Waals surface area contributed by atoms with Crippen molar-refractivity contribution < 1.29 is 17.9 Å². The topological polar surface area (TPSA) is 74.0 Å². The summed E-state index contributed by atoms with van der Waals surface area (Å²) in [6, 6.07) is 0. The van der Waals surface area contributed by atoms with Crippen molar-refractivity contribution in [3.63, 3.8) is 0 Å². The van der Waals surface area contributed by atoms with E-state index in [-0.39, 0.29) is 11.5 Å². The summed E-state index contributed by atoms with van der Waals surface area (Å²) in [7, 11) is 1.81. The maximum atomic E-state index is 12.6. The van der Waals surface area contributed by atoms with E-state index in [1.54, 1.807) is 20.9 Å². The van der Waals surface area contributed by atoms with E-state index >= 15 is 0 Å². The summed E-state index contributed by atoms with van der Waals surface area (Å²) in [5.74, 6) is 0.774. The van der Waals surface area contributed by atoms with Crippen molar-refractivity contribution in [1.82, 2.24) is 9.21 Å². The van der Waals surface area contributed by atoms with Crippen molar-refractivity contribution in [1.29, 1.82) is 0 Å². The quantitative estimate of drug-likeness (QED) is 0.812. The largest absolute Gasteiger partial charge is 0.465 e. The lowest BCUT2D eigenvalue weighted by molar-refractivity contribution is 0.276. The molecule has 0 aliphatic carbocycles. The summed E-state index contributed by atoms with van der Waals surface area (Å²) in [6.45, 7) is 4.16. The molecule has 0 radical (unpaired) electrons. The van der Waals surface area contributed by atoms with Crippen LogP contribution in [0.25, 0.3) is 0 Å². The van der Waals surface area contributed by atoms with Gasteiger partial charge in [-0.05, 0) is 40.9 Å². The minimum absolute atomic E-state index is 0.102. The molecule has 0 aromatic carbocycles. The SMILES string of the molecule is Cc1oc(C)c(S(=O)(=O)N(C)CCCN(C)C)c1CO. The molecule has 20 heavy (non-hydrogen) atoms. The Morgan fingerprint density at radius 2 is 1.70 bits per heavy atom. The van der Waals surface area contributed by atoms with E-state index in [9.17, 15) is 13.5 Å². The zero-order valence-electron chi connectivity index (χ0n) is 12.8. The van der Waals surface area contributed by atoms with Crippen LogP contribution >= 0.6 is 0 Å². The molecule has 0 aliphatic heterocycles. The summed E-state index contributed by atoms with van der Waals surface area (Å²) in [4.78, 5) is 2.11. The van der Waals surface area contributed by atoms with E-state index in [0.717, 1.165) is 13.0 Å². The third-order valence-electron chi connectivity index (χ3n) is 3.23. The number of rotatable bonds is 7. The smallest absolute Gasteiger partial charge is 0.246 e. The van der Waals surface area contributed by atoms with Crippen LogP contribution in [0.3, 0.4) is 0 Å². The molecule has 1 aromatic rings. The van der Waals surface area contributed by atoms with E-state index < -0.39 is 10.0 Å². The van der Waals surface area contributed by atoms with Crippen LogP contribution in [-0.2, 0) is 16.6 Å². The Labute approximate surface area is 121 Å². The van der Waals surface area contributed by atoms with Gasteiger partial charge in [-0.2, -0.15) is 0 Å². The van der Waals surface area contributed by atoms with Crippen molar-refractivity contribution in [3.05, 3.63) is 17.1 Å². The van der Waals surface area contributed by atoms with E-state index in [0.29, 0.717) is 23.6 Å². The minimum Gasteiger partial charge on any atom is -0.465 e. The summed E-state index contributed by atoms with van der Waals surface area (Å²) in [6.07, 6.45) is 0.743. The first-order valence-corrected chi connectivity index (χ1v) is 7.96. The number of nitrogens with zero attached hydrogens (tertiary/aromatic N) is 2. The van der Waals surface area contributed by atoms with Gasteiger partial charge in [0, 0.05) is 19.2 Å². The fourth-order valence-corrected chi connectivity index (χ4v) is 3.72. The van der Waals surface area contributed by atoms with Gasteiger partial charge in [0.2, 0.25) is 10.0 Å². The highest BCUT2D eigenvalue weighted by atomic mass is 32.2. The Morgan fingerprint density at radius 1 is 1.10 bits per heavy atom. The van der Waals surface area contributed by atoms with E-state index in [4.69, 9.17) is 4.42 Å². The highest BCUT2D eigenvalue weighted by Gasteiger charge is 2.29. The predicted octanol–water partition coefficient (Wildman–Crippen LogP) is 0.961. The first kappa shape index (κ1) is 17.2. The monoisotopic (exact) mass is 304 g/mol. The standard InChI is InChI=1S/C13H24N2O4S/c1-10-12(9-16)13(11(2)19-10)20(17,18)15(5)8-6-7-14(3)4/h16H,6-9H2,1-5H3. The average molecular weight is 304 g/mol. The van der Waals surface area contributed by atoms with Gasteiger partial charge >= 0.3 is 0 Å². The summed E-state index contributed by atoms with van der Waals surface area (Å²) in [5.41, 5.74) is 0.349. The molecule has 0 spiro atoms. The van der Waals surface area contributed by atoms with Gasteiger partial charge in [-0.15, -0.1) is 0 Å². The van der Waals surface area contributed by atoms with E-state index in [1.165, 1.54) is 4.31 Å². The van der Waals surface area contributed by atoms with Crippen molar-refractivity contribution in [2.45, 2.75) is 31.8 Å². The lowest BCUT2D eigenvalue weighted by atomic mass is 10.2. The summed E-state index contributed by atoms with van der Waals surface area (Å²) < 4.78 is 31.8. The van der Waals surface area contributed by atoms with Gasteiger partial charge < -0.3 is 14.4 Å². The molecule has 1 rings (SSSR count). The van der Waals surface area contributed by atoms with Gasteiger partial charge in [-0.3, -0.25) is 0 Å². The first-order chi connectivity index (χ1) is 9.21. The highest BCUT2D eigenvalue weighted by Crippen LogP contribution is 2.28. The molecule has 0 saturated heterocycles. The van der Waals surface area contributed by atoms with Gasteiger partial charge in [0.15, 0.2) is 0 Å². The highest BCUT2D eigenvalue weighted by molar-refractivity contribution is 7.89. The fourth-order valence-electron chi connectivity index (χ4n) is 2.12. The molecule has 1 heterocycles. The Bertz CT molecular complexity index is 549. The van der Waals surface area contributed by atoms with Crippen molar-refractivity contribution in [2.24, 2.45) is 0 Å². The Morgan fingerprint density at radius 3 is 2.20 bits per heavy atom. The molecule has 0 saturated carbocycles. The average Bonchev–Trinajstić information content (AvgIpc) is 2.63. The van der Waals surface area contributed by atoms with Crippen LogP contribution in [0.4, 0.5) is 0 Å². The Hall–Kier alpha value is -0.890. The maximum Gasteiger partial charge on any atom is 0.246 e. The first-order valence-electron chi connectivity index (χ1n) is 6.52. The lowest BCUT2D eigenvalue weighted by Gasteiger charge is -2.18. The molecule has 0 unspecified atom stereocenters. The van der Waals surface area contributed by atoms with Crippen molar-refractivity contribution >= 4 is 10.0 Å². The zero-order chi connectivity index (χ0) is 15.5. The Balaban J connectivity index is 2.99. The van der Waals surface area contributed by atoms with Crippen LogP contribution in [0.15, 0.2) is 9.31 Å². The van der Waals surface area contributed by atoms with E-state index in [1.807, 2.05) is 19.0 Å². The number of aliphatic hydroxyl groups excluding tert-OH is 1. The van der Waals surface area contributed by atoms with Crippen LogP contribution in [-0.4, -0.2) is 57.0 Å². The number of hydrogen-bond donors (Lipinski definition) is 1. The molecule has 116 valence electrons. The van der Waals surface area contributed by atoms with Crippen molar-refractivity contribution in [2.75, 3.05) is 34.2 Å². The van der Waals surface area contributed by atoms with E-state index in [2.05, 4.69) is 0 Å². The number of hydrogen-bond acceptors (Lipinski definition) is 5. The zero-order valence-corrected chi connectivity index (χ0v) is 13.6. The number of sulfonamides is 1. The number of furan rings is 1. The van der Waals surface area contributed by atoms with Gasteiger partial charge in [0.25, 0.3) is 0 Å². The van der Waals surface area contributed by atoms with Crippen LogP contribution in [0.2, 0.25) is 0 Å². The molecule has 0 amide bonds. The third kappa shape index (κ3) is 3.60. The second kappa shape index (κ2) is 6.71. The van der Waals surface area contributed by atoms with Gasteiger partial charge in [0.05, 0.1) is 6.61 Å². The number of aryl methyl sites for hydroxylation is 2. The molecule has 7 heteroatoms. The Kier molecular flexibility index (Phi) is 5.76. The van der Waals surface area contributed by atoms with Gasteiger partial charge in [-0.1, -0.05) is 0 Å². The minimum atomic E-state index is -3.63. The van der Waals surface area contributed by atoms with Crippen LogP contribution < -0.4 is 0 Å². The van der Waals surface area contributed by atoms with Gasteiger partial charge in [0.1, 0.15) is 16.4 Å². The predicted molar refractivity (Wildman–Crippen MR) is 77.1 cm³/mol. The van der Waals surface area contributed by atoms with Gasteiger partial charge in [-0.25, -0.2) is 12.7 Å². The second-order valence-electron chi connectivity index (χ2n) is 5.16. The molecule has 1 aromatic heterocycles. The fraction of sp³-hybridized carbons (Fsp3) is 0.692. The third-order valence-corrected chi connectivity index (χ3v) is 5.28. The molecule has 0 fully saturated rings. The molecule has 0 aliphatic rings. The molecule has 6 nitrogen and oxygen atoms in total. The van der Waals surface area contributed by atoms with Crippen LogP contribution in [0.5, 0.6) is 0 Å². The molecular weight excluding hydrogens is 280 g/mol. The second-order valence-corrected chi connectivity index (χ2v) is 7.15. The lowest BCUT2D eigenvalue weighted by Crippen LogP contribution is -2.30. The van der Waals surface area contributed by atoms with Crippen molar-refractivity contribution in [3.8, 4) is 0 Å². The summed E-state index contributed by atoms with van der Waals surface area (Å²) >= 11 is 0. The normalized spacial score (nSPS) is 12.6. The van der Waals surface area contributed by atoms with Crippen LogP contribution in [0, 0.1) is 13.8 Å².